The van der Waals surface area contributed by atoms with E-state index in [1.165, 1.54) is 42.4 Å². The van der Waals surface area contributed by atoms with Gasteiger partial charge in [-0.05, 0) is 48.4 Å². The number of nitrogens with one attached hydrogen (secondary N) is 1. The fraction of sp³-hybridized carbons (Fsp3) is 0.647. The summed E-state index contributed by atoms with van der Waals surface area (Å²) in [6, 6.07) is 5.23. The SMILES string of the molecule is COc1cc(C)c(CNC2CCCC2)cc1C(C)C. The molecule has 1 aromatic carbocycles. The van der Waals surface area contributed by atoms with Gasteiger partial charge in [-0.15, -0.1) is 0 Å². The van der Waals surface area contributed by atoms with Crippen LogP contribution in [0.2, 0.25) is 0 Å². The Kier molecular flexibility index (Phi) is 4.87. The summed E-state index contributed by atoms with van der Waals surface area (Å²) in [7, 11) is 1.76. The highest BCUT2D eigenvalue weighted by molar-refractivity contribution is 5.43. The summed E-state index contributed by atoms with van der Waals surface area (Å²) in [5.74, 6) is 1.53. The quantitative estimate of drug-likeness (QED) is 0.859. The first-order valence-corrected chi connectivity index (χ1v) is 7.52. The number of methoxy groups -OCH3 is 1. The number of aryl methyl sites for hydroxylation is 1. The van der Waals surface area contributed by atoms with Crippen LogP contribution in [0.1, 0.15) is 62.1 Å². The fourth-order valence-corrected chi connectivity index (χ4v) is 2.95. The van der Waals surface area contributed by atoms with E-state index >= 15 is 0 Å². The standard InChI is InChI=1S/C17H27NO/c1-12(2)16-10-14(13(3)9-17(16)19-4)11-18-15-7-5-6-8-15/h9-10,12,15,18H,5-8,11H2,1-4H3. The lowest BCUT2D eigenvalue weighted by Crippen LogP contribution is -2.25. The minimum Gasteiger partial charge on any atom is -0.496 e. The summed E-state index contributed by atoms with van der Waals surface area (Å²) in [6.45, 7) is 7.61. The summed E-state index contributed by atoms with van der Waals surface area (Å²) < 4.78 is 5.50. The van der Waals surface area contributed by atoms with E-state index in [0.29, 0.717) is 5.92 Å². The third kappa shape index (κ3) is 3.50. The second kappa shape index (κ2) is 6.42. The zero-order chi connectivity index (χ0) is 13.8. The maximum Gasteiger partial charge on any atom is 0.122 e. The van der Waals surface area contributed by atoms with E-state index in [2.05, 4.69) is 38.2 Å². The van der Waals surface area contributed by atoms with Crippen molar-refractivity contribution in [1.29, 1.82) is 0 Å². The van der Waals surface area contributed by atoms with Crippen LogP contribution in [0.4, 0.5) is 0 Å². The van der Waals surface area contributed by atoms with Crippen LogP contribution in [0.5, 0.6) is 5.75 Å². The Bertz CT molecular complexity index is 420. The predicted octanol–water partition coefficient (Wildman–Crippen LogP) is 4.16. The summed E-state index contributed by atoms with van der Waals surface area (Å²) in [6.07, 6.45) is 5.45. The van der Waals surface area contributed by atoms with Crippen molar-refractivity contribution >= 4 is 0 Å². The zero-order valence-electron chi connectivity index (χ0n) is 12.8. The van der Waals surface area contributed by atoms with Crippen LogP contribution in [-0.2, 0) is 6.54 Å². The number of ether oxygens (including phenoxy) is 1. The molecule has 0 aromatic heterocycles. The molecule has 19 heavy (non-hydrogen) atoms. The molecular weight excluding hydrogens is 234 g/mol. The van der Waals surface area contributed by atoms with Crippen LogP contribution < -0.4 is 10.1 Å². The minimum atomic E-state index is 0.501. The average molecular weight is 261 g/mol. The second-order valence-electron chi connectivity index (χ2n) is 6.04. The zero-order valence-corrected chi connectivity index (χ0v) is 12.8. The Morgan fingerprint density at radius 2 is 1.95 bits per heavy atom. The van der Waals surface area contributed by atoms with Crippen molar-refractivity contribution in [3.05, 3.63) is 28.8 Å². The van der Waals surface area contributed by atoms with Gasteiger partial charge in [-0.1, -0.05) is 32.8 Å². The third-order valence-corrected chi connectivity index (χ3v) is 4.25. The molecule has 0 bridgehead atoms. The smallest absolute Gasteiger partial charge is 0.122 e. The number of hydrogen-bond donors (Lipinski definition) is 1. The van der Waals surface area contributed by atoms with Crippen LogP contribution in [0.25, 0.3) is 0 Å². The van der Waals surface area contributed by atoms with Gasteiger partial charge in [0.1, 0.15) is 5.75 Å². The Labute approximate surface area is 117 Å². The first-order valence-electron chi connectivity index (χ1n) is 7.52. The van der Waals surface area contributed by atoms with Gasteiger partial charge in [0.15, 0.2) is 0 Å². The van der Waals surface area contributed by atoms with Crippen molar-refractivity contribution in [2.45, 2.75) is 65.0 Å². The lowest BCUT2D eigenvalue weighted by atomic mass is 9.96. The van der Waals surface area contributed by atoms with Crippen molar-refractivity contribution < 1.29 is 4.74 Å². The van der Waals surface area contributed by atoms with Crippen LogP contribution in [0, 0.1) is 6.92 Å². The first-order chi connectivity index (χ1) is 9.11. The average Bonchev–Trinajstić information content (AvgIpc) is 2.89. The summed E-state index contributed by atoms with van der Waals surface area (Å²) in [4.78, 5) is 0. The van der Waals surface area contributed by atoms with E-state index < -0.39 is 0 Å². The number of benzene rings is 1. The van der Waals surface area contributed by atoms with E-state index in [1.54, 1.807) is 7.11 Å². The third-order valence-electron chi connectivity index (χ3n) is 4.25. The molecule has 0 spiro atoms. The summed E-state index contributed by atoms with van der Waals surface area (Å²) >= 11 is 0. The van der Waals surface area contributed by atoms with Crippen molar-refractivity contribution in [2.24, 2.45) is 0 Å². The molecule has 0 unspecified atom stereocenters. The second-order valence-corrected chi connectivity index (χ2v) is 6.04. The van der Waals surface area contributed by atoms with Gasteiger partial charge >= 0.3 is 0 Å². The highest BCUT2D eigenvalue weighted by Crippen LogP contribution is 2.30. The largest absolute Gasteiger partial charge is 0.496 e. The Balaban J connectivity index is 2.12. The molecule has 2 heteroatoms. The maximum absolute atomic E-state index is 5.50. The van der Waals surface area contributed by atoms with Gasteiger partial charge in [-0.25, -0.2) is 0 Å². The fourth-order valence-electron chi connectivity index (χ4n) is 2.95. The number of hydrogen-bond acceptors (Lipinski definition) is 2. The molecule has 1 aromatic rings. The molecule has 1 N–H and O–H groups in total. The van der Waals surface area contributed by atoms with Crippen LogP contribution in [0.15, 0.2) is 12.1 Å². The molecule has 2 nitrogen and oxygen atoms in total. The molecule has 1 saturated carbocycles. The van der Waals surface area contributed by atoms with Gasteiger partial charge in [-0.3, -0.25) is 0 Å². The van der Waals surface area contributed by atoms with Gasteiger partial charge in [0.05, 0.1) is 7.11 Å². The highest BCUT2D eigenvalue weighted by atomic mass is 16.5. The van der Waals surface area contributed by atoms with E-state index in [9.17, 15) is 0 Å². The lowest BCUT2D eigenvalue weighted by Gasteiger charge is -2.18. The molecule has 0 radical (unpaired) electrons. The van der Waals surface area contributed by atoms with Crippen LogP contribution in [0.3, 0.4) is 0 Å². The molecule has 0 heterocycles. The van der Waals surface area contributed by atoms with E-state index in [0.717, 1.165) is 18.3 Å². The minimum absolute atomic E-state index is 0.501. The lowest BCUT2D eigenvalue weighted by molar-refractivity contribution is 0.406. The Morgan fingerprint density at radius 3 is 2.53 bits per heavy atom. The highest BCUT2D eigenvalue weighted by Gasteiger charge is 2.15. The molecule has 0 atom stereocenters. The van der Waals surface area contributed by atoms with Gasteiger partial charge in [0.25, 0.3) is 0 Å². The molecule has 0 saturated heterocycles. The van der Waals surface area contributed by atoms with Crippen molar-refractivity contribution in [2.75, 3.05) is 7.11 Å². The van der Waals surface area contributed by atoms with Crippen molar-refractivity contribution in [1.82, 2.24) is 5.32 Å². The van der Waals surface area contributed by atoms with E-state index in [-0.39, 0.29) is 0 Å². The van der Waals surface area contributed by atoms with Gasteiger partial charge in [0.2, 0.25) is 0 Å². The monoisotopic (exact) mass is 261 g/mol. The normalized spacial score (nSPS) is 16.3. The van der Waals surface area contributed by atoms with Crippen molar-refractivity contribution in [3.63, 3.8) is 0 Å². The molecule has 106 valence electrons. The van der Waals surface area contributed by atoms with Gasteiger partial charge < -0.3 is 10.1 Å². The molecule has 2 rings (SSSR count). The van der Waals surface area contributed by atoms with E-state index in [4.69, 9.17) is 4.74 Å². The topological polar surface area (TPSA) is 21.3 Å². The number of rotatable bonds is 5. The molecule has 1 fully saturated rings. The molecule has 0 aliphatic heterocycles. The predicted molar refractivity (Wildman–Crippen MR) is 80.9 cm³/mol. The van der Waals surface area contributed by atoms with E-state index in [1.807, 2.05) is 0 Å². The van der Waals surface area contributed by atoms with Crippen LogP contribution in [-0.4, -0.2) is 13.2 Å². The van der Waals surface area contributed by atoms with Gasteiger partial charge in [0, 0.05) is 12.6 Å². The molecule has 0 amide bonds. The first kappa shape index (κ1) is 14.4. The maximum atomic E-state index is 5.50. The Morgan fingerprint density at radius 1 is 1.26 bits per heavy atom. The molecule has 1 aliphatic carbocycles. The molecule has 1 aliphatic rings. The van der Waals surface area contributed by atoms with Crippen molar-refractivity contribution in [3.8, 4) is 5.75 Å². The van der Waals surface area contributed by atoms with Gasteiger partial charge in [-0.2, -0.15) is 0 Å². The molecular formula is C17H27NO. The Hall–Kier alpha value is -1.02. The van der Waals surface area contributed by atoms with Crippen LogP contribution >= 0.6 is 0 Å². The summed E-state index contributed by atoms with van der Waals surface area (Å²) in [5.41, 5.74) is 4.06. The summed E-state index contributed by atoms with van der Waals surface area (Å²) in [5, 5.41) is 3.70.